The summed E-state index contributed by atoms with van der Waals surface area (Å²) in [5.41, 5.74) is 1.41. The first-order valence-corrected chi connectivity index (χ1v) is 7.87. The van der Waals surface area contributed by atoms with Crippen LogP contribution in [0, 0.1) is 0 Å². The Morgan fingerprint density at radius 2 is 2.24 bits per heavy atom. The minimum Gasteiger partial charge on any atom is -0.376 e. The van der Waals surface area contributed by atoms with Crippen LogP contribution in [0.15, 0.2) is 24.3 Å². The molecule has 0 aliphatic carbocycles. The van der Waals surface area contributed by atoms with Gasteiger partial charge in [0.1, 0.15) is 10.6 Å². The maximum atomic E-state index is 12.3. The number of hydrogen-bond acceptors (Lipinski definition) is 5. The largest absolute Gasteiger partial charge is 0.376 e. The van der Waals surface area contributed by atoms with E-state index >= 15 is 0 Å². The number of nitrogens with zero attached hydrogens (tertiary/aromatic N) is 2. The number of carbonyl (C=O) groups is 1. The number of ether oxygens (including phenoxy) is 1. The Morgan fingerprint density at radius 3 is 2.95 bits per heavy atom. The molecule has 1 atom stereocenters. The quantitative estimate of drug-likeness (QED) is 0.939. The zero-order chi connectivity index (χ0) is 14.7. The van der Waals surface area contributed by atoms with Gasteiger partial charge in [-0.15, -0.1) is 5.10 Å². The lowest BCUT2D eigenvalue weighted by Crippen LogP contribution is -2.31. The molecule has 0 saturated carbocycles. The number of aromatic nitrogens is 2. The number of carbonyl (C=O) groups excluding carboxylic acids is 1. The van der Waals surface area contributed by atoms with Gasteiger partial charge in [-0.2, -0.15) is 0 Å². The van der Waals surface area contributed by atoms with E-state index < -0.39 is 0 Å². The summed E-state index contributed by atoms with van der Waals surface area (Å²) in [6.07, 6.45) is 2.16. The molecule has 2 aromatic rings. The molecular weight excluding hydrogens is 310 g/mol. The van der Waals surface area contributed by atoms with Gasteiger partial charge in [-0.25, -0.2) is 0 Å². The molecule has 0 radical (unpaired) electrons. The molecule has 2 heterocycles. The van der Waals surface area contributed by atoms with E-state index in [1.54, 1.807) is 12.1 Å². The smallest absolute Gasteiger partial charge is 0.265 e. The molecule has 1 amide bonds. The predicted octanol–water partition coefficient (Wildman–Crippen LogP) is 2.77. The third kappa shape index (κ3) is 3.40. The highest BCUT2D eigenvalue weighted by atomic mass is 35.5. The van der Waals surface area contributed by atoms with Crippen molar-refractivity contribution in [2.24, 2.45) is 0 Å². The molecule has 1 aliphatic rings. The topological polar surface area (TPSA) is 64.1 Å². The third-order valence-corrected chi connectivity index (χ3v) is 4.30. The fourth-order valence-corrected chi connectivity index (χ4v) is 2.96. The number of amides is 1. The third-order valence-electron chi connectivity index (χ3n) is 3.33. The molecule has 7 heteroatoms. The van der Waals surface area contributed by atoms with Gasteiger partial charge >= 0.3 is 0 Å². The Bertz CT molecular complexity index is 623. The fraction of sp³-hybridized carbons (Fsp3) is 0.357. The molecule has 0 spiro atoms. The standard InChI is InChI=1S/C14H14ClN3O2S/c15-10-5-3-9(4-6-10)12-13(21-18-17-12)14(19)16-8-11-2-1-7-20-11/h3-6,11H,1-2,7-8H2,(H,16,19). The van der Waals surface area contributed by atoms with Crippen molar-refractivity contribution in [3.8, 4) is 11.3 Å². The molecule has 1 saturated heterocycles. The van der Waals surface area contributed by atoms with Crippen molar-refractivity contribution in [2.75, 3.05) is 13.2 Å². The maximum absolute atomic E-state index is 12.3. The summed E-state index contributed by atoms with van der Waals surface area (Å²) in [5, 5.41) is 7.58. The van der Waals surface area contributed by atoms with E-state index in [0.29, 0.717) is 22.1 Å². The fourth-order valence-electron chi connectivity index (χ4n) is 2.23. The van der Waals surface area contributed by atoms with Gasteiger partial charge in [-0.1, -0.05) is 28.2 Å². The second kappa shape index (κ2) is 6.51. The Kier molecular flexibility index (Phi) is 4.48. The first kappa shape index (κ1) is 14.4. The highest BCUT2D eigenvalue weighted by molar-refractivity contribution is 7.08. The second-order valence-corrected chi connectivity index (χ2v) is 5.99. The summed E-state index contributed by atoms with van der Waals surface area (Å²) in [6.45, 7) is 1.30. The predicted molar refractivity (Wildman–Crippen MR) is 81.7 cm³/mol. The van der Waals surface area contributed by atoms with Crippen LogP contribution in [-0.4, -0.2) is 34.7 Å². The van der Waals surface area contributed by atoms with Crippen LogP contribution in [0.25, 0.3) is 11.3 Å². The van der Waals surface area contributed by atoms with Crippen LogP contribution in [0.4, 0.5) is 0 Å². The van der Waals surface area contributed by atoms with E-state index in [-0.39, 0.29) is 12.0 Å². The Hall–Kier alpha value is -1.50. The number of nitrogens with one attached hydrogen (secondary N) is 1. The van der Waals surface area contributed by atoms with Crippen LogP contribution in [0.5, 0.6) is 0 Å². The second-order valence-electron chi connectivity index (χ2n) is 4.80. The highest BCUT2D eigenvalue weighted by Crippen LogP contribution is 2.25. The summed E-state index contributed by atoms with van der Waals surface area (Å²) in [7, 11) is 0. The van der Waals surface area contributed by atoms with Crippen LogP contribution in [0.3, 0.4) is 0 Å². The highest BCUT2D eigenvalue weighted by Gasteiger charge is 2.20. The lowest BCUT2D eigenvalue weighted by atomic mass is 10.1. The summed E-state index contributed by atoms with van der Waals surface area (Å²) in [5.74, 6) is -0.162. The van der Waals surface area contributed by atoms with Gasteiger partial charge in [-0.05, 0) is 36.5 Å². The molecule has 1 fully saturated rings. The zero-order valence-electron chi connectivity index (χ0n) is 11.2. The summed E-state index contributed by atoms with van der Waals surface area (Å²) in [4.78, 5) is 12.8. The number of halogens is 1. The minimum atomic E-state index is -0.162. The van der Waals surface area contributed by atoms with Crippen LogP contribution < -0.4 is 5.32 Å². The van der Waals surface area contributed by atoms with E-state index in [2.05, 4.69) is 14.9 Å². The normalized spacial score (nSPS) is 17.9. The van der Waals surface area contributed by atoms with E-state index in [1.165, 1.54) is 0 Å². The van der Waals surface area contributed by atoms with Crippen LogP contribution >= 0.6 is 23.1 Å². The molecule has 21 heavy (non-hydrogen) atoms. The summed E-state index contributed by atoms with van der Waals surface area (Å²) in [6, 6.07) is 7.19. The molecule has 1 aliphatic heterocycles. The van der Waals surface area contributed by atoms with Gasteiger partial charge in [0.2, 0.25) is 0 Å². The van der Waals surface area contributed by atoms with Gasteiger partial charge in [0.25, 0.3) is 5.91 Å². The van der Waals surface area contributed by atoms with Crippen molar-refractivity contribution >= 4 is 29.0 Å². The van der Waals surface area contributed by atoms with Crippen LogP contribution in [-0.2, 0) is 4.74 Å². The average molecular weight is 324 g/mol. The van der Waals surface area contributed by atoms with Gasteiger partial charge in [0.15, 0.2) is 0 Å². The Balaban J connectivity index is 1.72. The molecule has 0 bridgehead atoms. The Labute approximate surface area is 131 Å². The van der Waals surface area contributed by atoms with Crippen molar-refractivity contribution < 1.29 is 9.53 Å². The van der Waals surface area contributed by atoms with Crippen LogP contribution in [0.2, 0.25) is 5.02 Å². The van der Waals surface area contributed by atoms with Crippen molar-refractivity contribution in [2.45, 2.75) is 18.9 Å². The molecule has 110 valence electrons. The van der Waals surface area contributed by atoms with Crippen LogP contribution in [0.1, 0.15) is 22.5 Å². The Morgan fingerprint density at radius 1 is 1.43 bits per heavy atom. The molecule has 1 aromatic heterocycles. The number of hydrogen-bond donors (Lipinski definition) is 1. The lowest BCUT2D eigenvalue weighted by Gasteiger charge is -2.10. The molecule has 1 N–H and O–H groups in total. The van der Waals surface area contributed by atoms with Gasteiger partial charge in [0.05, 0.1) is 6.10 Å². The van der Waals surface area contributed by atoms with E-state index in [1.807, 2.05) is 12.1 Å². The average Bonchev–Trinajstić information content (AvgIpc) is 3.17. The van der Waals surface area contributed by atoms with Gasteiger partial charge in [-0.3, -0.25) is 4.79 Å². The van der Waals surface area contributed by atoms with Crippen molar-refractivity contribution in [1.29, 1.82) is 0 Å². The lowest BCUT2D eigenvalue weighted by molar-refractivity contribution is 0.0861. The van der Waals surface area contributed by atoms with E-state index in [4.69, 9.17) is 16.3 Å². The zero-order valence-corrected chi connectivity index (χ0v) is 12.8. The molecular formula is C14H14ClN3O2S. The van der Waals surface area contributed by atoms with E-state index in [0.717, 1.165) is 36.5 Å². The minimum absolute atomic E-state index is 0.119. The van der Waals surface area contributed by atoms with Gasteiger partial charge < -0.3 is 10.1 Å². The summed E-state index contributed by atoms with van der Waals surface area (Å²) < 4.78 is 9.38. The van der Waals surface area contributed by atoms with Crippen molar-refractivity contribution in [1.82, 2.24) is 14.9 Å². The van der Waals surface area contributed by atoms with Crippen molar-refractivity contribution in [3.63, 3.8) is 0 Å². The maximum Gasteiger partial charge on any atom is 0.265 e. The monoisotopic (exact) mass is 323 g/mol. The first-order valence-electron chi connectivity index (χ1n) is 6.72. The molecule has 5 nitrogen and oxygen atoms in total. The van der Waals surface area contributed by atoms with Gasteiger partial charge in [0, 0.05) is 23.7 Å². The number of rotatable bonds is 4. The van der Waals surface area contributed by atoms with Crippen molar-refractivity contribution in [3.05, 3.63) is 34.2 Å². The number of benzene rings is 1. The molecule has 1 aromatic carbocycles. The molecule has 3 rings (SSSR count). The summed E-state index contributed by atoms with van der Waals surface area (Å²) >= 11 is 6.96. The first-order chi connectivity index (χ1) is 10.2. The SMILES string of the molecule is O=C(NCC1CCCO1)c1snnc1-c1ccc(Cl)cc1. The molecule has 1 unspecified atom stereocenters. The van der Waals surface area contributed by atoms with E-state index in [9.17, 15) is 4.79 Å².